The van der Waals surface area contributed by atoms with Crippen LogP contribution in [0.1, 0.15) is 0 Å². The van der Waals surface area contributed by atoms with Gasteiger partial charge in [-0.3, -0.25) is 9.69 Å². The number of carbonyl (C=O) groups is 2. The van der Waals surface area contributed by atoms with Crippen LogP contribution in [-0.4, -0.2) is 53.0 Å². The lowest BCUT2D eigenvalue weighted by molar-refractivity contribution is -0.159. The molecule has 17 heavy (non-hydrogen) atoms. The van der Waals surface area contributed by atoms with Gasteiger partial charge in [-0.05, 0) is 0 Å². The van der Waals surface area contributed by atoms with Gasteiger partial charge in [-0.2, -0.15) is 13.2 Å². The first-order valence-electron chi connectivity index (χ1n) is 4.56. The summed E-state index contributed by atoms with van der Waals surface area (Å²) in [7, 11) is 1.32. The highest BCUT2D eigenvalue weighted by atomic mass is 32.1. The van der Waals surface area contributed by atoms with E-state index in [1.807, 2.05) is 0 Å². The number of rotatable bonds is 3. The summed E-state index contributed by atoms with van der Waals surface area (Å²) in [5, 5.41) is 0. The lowest BCUT2D eigenvalue weighted by Gasteiger charge is -2.23. The molecule has 0 bridgehead atoms. The number of halogens is 3. The summed E-state index contributed by atoms with van der Waals surface area (Å²) in [4.78, 5) is 23.4. The predicted molar refractivity (Wildman–Crippen MR) is 56.1 cm³/mol. The van der Waals surface area contributed by atoms with Gasteiger partial charge >= 0.3 is 12.2 Å². The molecule has 9 heteroatoms. The maximum atomic E-state index is 12.5. The molecule has 1 aliphatic rings. The van der Waals surface area contributed by atoms with Crippen molar-refractivity contribution in [2.45, 2.75) is 6.18 Å². The van der Waals surface area contributed by atoms with Crippen molar-refractivity contribution in [1.29, 1.82) is 0 Å². The minimum atomic E-state index is -4.67. The summed E-state index contributed by atoms with van der Waals surface area (Å²) in [5.41, 5.74) is 4.98. The first-order valence-corrected chi connectivity index (χ1v) is 4.97. The largest absolute Gasteiger partial charge is 0.399 e. The third-order valence-electron chi connectivity index (χ3n) is 2.33. The molecule has 1 rings (SSSR count). The minimum absolute atomic E-state index is 0.235. The molecule has 0 aliphatic carbocycles. The first kappa shape index (κ1) is 13.7. The minimum Gasteiger partial charge on any atom is -0.393 e. The molecule has 0 radical (unpaired) electrons. The van der Waals surface area contributed by atoms with Gasteiger partial charge in [-0.1, -0.05) is 12.2 Å². The van der Waals surface area contributed by atoms with Crippen LogP contribution in [0, 0.1) is 5.92 Å². The molecule has 0 spiro atoms. The van der Waals surface area contributed by atoms with E-state index in [0.29, 0.717) is 4.90 Å². The summed E-state index contributed by atoms with van der Waals surface area (Å²) in [6.45, 7) is -1.10. The van der Waals surface area contributed by atoms with Gasteiger partial charge in [0, 0.05) is 13.6 Å². The van der Waals surface area contributed by atoms with Gasteiger partial charge in [-0.15, -0.1) is 0 Å². The molecular weight excluding hydrogens is 259 g/mol. The summed E-state index contributed by atoms with van der Waals surface area (Å²) in [5.74, 6) is -2.86. The number of thiocarbonyl (C=S) groups is 1. The molecular formula is C8H10F3N3O2S. The lowest BCUT2D eigenvalue weighted by atomic mass is 10.1. The van der Waals surface area contributed by atoms with E-state index in [4.69, 9.17) is 5.73 Å². The van der Waals surface area contributed by atoms with Gasteiger partial charge in [0.2, 0.25) is 5.91 Å². The van der Waals surface area contributed by atoms with Gasteiger partial charge in [0.1, 0.15) is 12.5 Å². The third-order valence-corrected chi connectivity index (χ3v) is 2.62. The first-order chi connectivity index (χ1) is 7.64. The van der Waals surface area contributed by atoms with E-state index in [9.17, 15) is 22.8 Å². The summed E-state index contributed by atoms with van der Waals surface area (Å²) in [6.07, 6.45) is -4.67. The van der Waals surface area contributed by atoms with Crippen molar-refractivity contribution >= 4 is 29.1 Å². The number of hydrogen-bond acceptors (Lipinski definition) is 3. The van der Waals surface area contributed by atoms with E-state index in [0.717, 1.165) is 4.90 Å². The number of nitrogens with two attached hydrogens (primary N) is 1. The second kappa shape index (κ2) is 4.47. The Kier molecular flexibility index (Phi) is 3.60. The highest BCUT2D eigenvalue weighted by Gasteiger charge is 2.46. The fourth-order valence-electron chi connectivity index (χ4n) is 1.39. The Balaban J connectivity index is 2.85. The van der Waals surface area contributed by atoms with Crippen molar-refractivity contribution < 1.29 is 22.8 Å². The standard InChI is InChI=1S/C8H10F3N3O2S/c1-13-3-5(15)14(7(13)16)2-4(6(12)17)8(9,10)11/h4H,2-3H2,1H3,(H2,12,17). The fourth-order valence-corrected chi connectivity index (χ4v) is 1.59. The Bertz CT molecular complexity index is 372. The van der Waals surface area contributed by atoms with E-state index in [1.54, 1.807) is 0 Å². The quantitative estimate of drug-likeness (QED) is 0.593. The number of urea groups is 1. The second-order valence-electron chi connectivity index (χ2n) is 3.64. The van der Waals surface area contributed by atoms with Crippen molar-refractivity contribution in [1.82, 2.24) is 9.80 Å². The van der Waals surface area contributed by atoms with Gasteiger partial charge in [0.25, 0.3) is 0 Å². The molecule has 1 saturated heterocycles. The molecule has 1 unspecified atom stereocenters. The molecule has 1 atom stereocenters. The second-order valence-corrected chi connectivity index (χ2v) is 4.11. The summed E-state index contributed by atoms with van der Waals surface area (Å²) >= 11 is 4.30. The average molecular weight is 269 g/mol. The van der Waals surface area contributed by atoms with Crippen molar-refractivity contribution in [3.05, 3.63) is 0 Å². The zero-order chi connectivity index (χ0) is 13.4. The molecule has 0 aromatic rings. The third kappa shape index (κ3) is 2.84. The highest BCUT2D eigenvalue weighted by Crippen LogP contribution is 2.28. The van der Waals surface area contributed by atoms with Crippen LogP contribution in [0.5, 0.6) is 0 Å². The SMILES string of the molecule is CN1CC(=O)N(CC(C(N)=S)C(F)(F)F)C1=O. The number of carbonyl (C=O) groups excluding carboxylic acids is 2. The Hall–Kier alpha value is -1.38. The Morgan fingerprint density at radius 2 is 2.06 bits per heavy atom. The molecule has 1 fully saturated rings. The summed E-state index contributed by atoms with van der Waals surface area (Å²) in [6, 6.07) is -0.777. The monoisotopic (exact) mass is 269 g/mol. The molecule has 0 saturated carbocycles. The van der Waals surface area contributed by atoms with E-state index in [1.165, 1.54) is 7.05 Å². The van der Waals surface area contributed by atoms with E-state index in [2.05, 4.69) is 12.2 Å². The molecule has 1 aliphatic heterocycles. The van der Waals surface area contributed by atoms with Crippen LogP contribution >= 0.6 is 12.2 Å². The molecule has 2 N–H and O–H groups in total. The van der Waals surface area contributed by atoms with E-state index < -0.39 is 35.6 Å². The maximum absolute atomic E-state index is 12.5. The highest BCUT2D eigenvalue weighted by molar-refractivity contribution is 7.80. The topological polar surface area (TPSA) is 66.6 Å². The maximum Gasteiger partial charge on any atom is 0.399 e. The van der Waals surface area contributed by atoms with Crippen LogP contribution < -0.4 is 5.73 Å². The fraction of sp³-hybridized carbons (Fsp3) is 0.625. The summed E-state index contributed by atoms with van der Waals surface area (Å²) < 4.78 is 37.6. The van der Waals surface area contributed by atoms with Crippen LogP contribution in [0.2, 0.25) is 0 Å². The van der Waals surface area contributed by atoms with Crippen LogP contribution in [0.15, 0.2) is 0 Å². The number of alkyl halides is 3. The Morgan fingerprint density at radius 1 is 1.53 bits per heavy atom. The van der Waals surface area contributed by atoms with E-state index in [-0.39, 0.29) is 6.54 Å². The van der Waals surface area contributed by atoms with Crippen LogP contribution in [0.3, 0.4) is 0 Å². The van der Waals surface area contributed by atoms with E-state index >= 15 is 0 Å². The Labute approximate surface area is 100 Å². The lowest BCUT2D eigenvalue weighted by Crippen LogP contribution is -2.45. The number of nitrogens with zero attached hydrogens (tertiary/aromatic N) is 2. The molecule has 0 aromatic carbocycles. The predicted octanol–water partition coefficient (Wildman–Crippen LogP) is 0.345. The number of amides is 3. The molecule has 3 amide bonds. The van der Waals surface area contributed by atoms with Gasteiger partial charge in [0.15, 0.2) is 0 Å². The smallest absolute Gasteiger partial charge is 0.393 e. The number of likely N-dealkylation sites (N-methyl/N-ethyl adjacent to an activating group) is 1. The number of hydrogen-bond donors (Lipinski definition) is 1. The van der Waals surface area contributed by atoms with Crippen LogP contribution in [0.25, 0.3) is 0 Å². The van der Waals surface area contributed by atoms with Gasteiger partial charge < -0.3 is 10.6 Å². The van der Waals surface area contributed by atoms with Gasteiger partial charge in [-0.25, -0.2) is 4.79 Å². The molecule has 0 aromatic heterocycles. The average Bonchev–Trinajstić information content (AvgIpc) is 2.36. The molecule has 1 heterocycles. The van der Waals surface area contributed by atoms with Gasteiger partial charge in [0.05, 0.1) is 4.99 Å². The van der Waals surface area contributed by atoms with Crippen molar-refractivity contribution in [2.75, 3.05) is 20.1 Å². The molecule has 96 valence electrons. The van der Waals surface area contributed by atoms with Crippen LogP contribution in [0.4, 0.5) is 18.0 Å². The van der Waals surface area contributed by atoms with Crippen molar-refractivity contribution in [2.24, 2.45) is 11.7 Å². The zero-order valence-electron chi connectivity index (χ0n) is 8.82. The zero-order valence-corrected chi connectivity index (χ0v) is 9.64. The number of imide groups is 1. The molecule has 5 nitrogen and oxygen atoms in total. The van der Waals surface area contributed by atoms with Crippen molar-refractivity contribution in [3.8, 4) is 0 Å². The van der Waals surface area contributed by atoms with Crippen molar-refractivity contribution in [3.63, 3.8) is 0 Å². The Morgan fingerprint density at radius 3 is 2.35 bits per heavy atom. The van der Waals surface area contributed by atoms with Crippen LogP contribution in [-0.2, 0) is 4.79 Å². The normalized spacial score (nSPS) is 18.8.